The molecular weight excluding hydrogens is 322 g/mol. The molecular formula is C18H21N3O2S. The van der Waals surface area contributed by atoms with E-state index >= 15 is 0 Å². The number of nitrogens with one attached hydrogen (secondary N) is 3. The molecule has 0 saturated carbocycles. The fraction of sp³-hybridized carbons (Fsp3) is 0.333. The highest BCUT2D eigenvalue weighted by Gasteiger charge is 2.17. The highest BCUT2D eigenvalue weighted by molar-refractivity contribution is 7.07. The molecule has 0 bridgehead atoms. The number of hydrogen-bond acceptors (Lipinski definition) is 3. The van der Waals surface area contributed by atoms with Crippen molar-refractivity contribution < 1.29 is 9.59 Å². The third-order valence-corrected chi connectivity index (χ3v) is 4.88. The van der Waals surface area contributed by atoms with E-state index in [1.54, 1.807) is 11.3 Å². The number of urea groups is 1. The number of carbonyl (C=O) groups excluding carboxylic acids is 2. The van der Waals surface area contributed by atoms with Crippen LogP contribution in [0.15, 0.2) is 35.0 Å². The second-order valence-corrected chi connectivity index (χ2v) is 6.75. The fourth-order valence-corrected chi connectivity index (χ4v) is 3.46. The standard InChI is InChI=1S/C18H21N3O2S/c1-12(20-18(23)19-8-6-13-7-9-24-11-13)14-2-4-16-15(10-14)3-5-17(22)21-16/h2,4,7,9-12H,3,5-6,8H2,1H3,(H,21,22)(H2,19,20,23)/t12-/m1/s1. The van der Waals surface area contributed by atoms with Gasteiger partial charge >= 0.3 is 6.03 Å². The molecule has 24 heavy (non-hydrogen) atoms. The van der Waals surface area contributed by atoms with Gasteiger partial charge in [-0.2, -0.15) is 11.3 Å². The summed E-state index contributed by atoms with van der Waals surface area (Å²) >= 11 is 1.66. The normalized spacial score (nSPS) is 14.5. The zero-order valence-electron chi connectivity index (χ0n) is 13.6. The molecule has 5 nitrogen and oxygen atoms in total. The predicted molar refractivity (Wildman–Crippen MR) is 96.4 cm³/mol. The third-order valence-electron chi connectivity index (χ3n) is 4.15. The summed E-state index contributed by atoms with van der Waals surface area (Å²) in [7, 11) is 0. The summed E-state index contributed by atoms with van der Waals surface area (Å²) in [5.74, 6) is 0.0615. The van der Waals surface area contributed by atoms with Crippen LogP contribution in [0.2, 0.25) is 0 Å². The lowest BCUT2D eigenvalue weighted by Crippen LogP contribution is -2.38. The van der Waals surface area contributed by atoms with Crippen LogP contribution in [0, 0.1) is 0 Å². The summed E-state index contributed by atoms with van der Waals surface area (Å²) in [6.07, 6.45) is 2.10. The number of fused-ring (bicyclic) bond motifs is 1. The van der Waals surface area contributed by atoms with Crippen molar-refractivity contribution in [2.24, 2.45) is 0 Å². The summed E-state index contributed by atoms with van der Waals surface area (Å²) in [6.45, 7) is 2.58. The van der Waals surface area contributed by atoms with Crippen molar-refractivity contribution in [3.8, 4) is 0 Å². The number of benzene rings is 1. The summed E-state index contributed by atoms with van der Waals surface area (Å²) in [5, 5.41) is 12.8. The summed E-state index contributed by atoms with van der Waals surface area (Å²) in [5.41, 5.74) is 4.28. The monoisotopic (exact) mass is 343 g/mol. The SMILES string of the molecule is C[C@@H](NC(=O)NCCc1ccsc1)c1ccc2c(c1)CCC(=O)N2. The number of thiophene rings is 1. The third kappa shape index (κ3) is 4.14. The Bertz CT molecular complexity index is 728. The molecule has 0 unspecified atom stereocenters. The van der Waals surface area contributed by atoms with Crippen LogP contribution in [-0.4, -0.2) is 18.5 Å². The number of anilines is 1. The van der Waals surface area contributed by atoms with Crippen molar-refractivity contribution in [2.45, 2.75) is 32.2 Å². The Balaban J connectivity index is 1.51. The van der Waals surface area contributed by atoms with Gasteiger partial charge in [-0.3, -0.25) is 4.79 Å². The molecule has 1 aliphatic heterocycles. The van der Waals surface area contributed by atoms with E-state index in [2.05, 4.69) is 33.5 Å². The van der Waals surface area contributed by atoms with Gasteiger partial charge in [0.05, 0.1) is 6.04 Å². The first-order valence-corrected chi connectivity index (χ1v) is 9.04. The van der Waals surface area contributed by atoms with Crippen molar-refractivity contribution in [3.63, 3.8) is 0 Å². The van der Waals surface area contributed by atoms with Crippen molar-refractivity contribution >= 4 is 29.0 Å². The maximum absolute atomic E-state index is 12.0. The Morgan fingerprint density at radius 3 is 3.00 bits per heavy atom. The van der Waals surface area contributed by atoms with E-state index in [1.807, 2.05) is 24.4 Å². The van der Waals surface area contributed by atoms with E-state index < -0.39 is 0 Å². The first kappa shape index (κ1) is 16.5. The molecule has 126 valence electrons. The lowest BCUT2D eigenvalue weighted by Gasteiger charge is -2.20. The Hall–Kier alpha value is -2.34. The molecule has 1 aromatic heterocycles. The molecule has 1 aliphatic rings. The Labute approximate surface area is 145 Å². The highest BCUT2D eigenvalue weighted by atomic mass is 32.1. The Morgan fingerprint density at radius 1 is 1.33 bits per heavy atom. The van der Waals surface area contributed by atoms with Crippen LogP contribution in [0.25, 0.3) is 0 Å². The zero-order valence-corrected chi connectivity index (χ0v) is 14.4. The first-order valence-electron chi connectivity index (χ1n) is 8.10. The average molecular weight is 343 g/mol. The molecule has 3 N–H and O–H groups in total. The van der Waals surface area contributed by atoms with Gasteiger partial charge in [-0.15, -0.1) is 0 Å². The van der Waals surface area contributed by atoms with E-state index in [9.17, 15) is 9.59 Å². The van der Waals surface area contributed by atoms with Gasteiger partial charge in [-0.25, -0.2) is 4.79 Å². The first-order chi connectivity index (χ1) is 11.6. The minimum atomic E-state index is -0.163. The van der Waals surface area contributed by atoms with Gasteiger partial charge in [-0.1, -0.05) is 12.1 Å². The van der Waals surface area contributed by atoms with E-state index in [0.717, 1.165) is 29.7 Å². The van der Waals surface area contributed by atoms with Gasteiger partial charge < -0.3 is 16.0 Å². The average Bonchev–Trinajstić information content (AvgIpc) is 3.07. The van der Waals surface area contributed by atoms with Gasteiger partial charge in [0, 0.05) is 18.7 Å². The van der Waals surface area contributed by atoms with Crippen LogP contribution in [0.4, 0.5) is 10.5 Å². The second-order valence-electron chi connectivity index (χ2n) is 5.97. The second kappa shape index (κ2) is 7.49. The van der Waals surface area contributed by atoms with E-state index in [0.29, 0.717) is 13.0 Å². The van der Waals surface area contributed by atoms with Gasteiger partial charge in [0.15, 0.2) is 0 Å². The van der Waals surface area contributed by atoms with Crippen LogP contribution in [0.1, 0.15) is 36.1 Å². The predicted octanol–water partition coefficient (Wildman–Crippen LogP) is 3.24. The van der Waals surface area contributed by atoms with Gasteiger partial charge in [0.2, 0.25) is 5.91 Å². The summed E-state index contributed by atoms with van der Waals surface area (Å²) in [4.78, 5) is 23.4. The number of carbonyl (C=O) groups is 2. The van der Waals surface area contributed by atoms with Crippen LogP contribution in [0.3, 0.4) is 0 Å². The number of amides is 3. The smallest absolute Gasteiger partial charge is 0.315 e. The van der Waals surface area contributed by atoms with Gasteiger partial charge in [0.1, 0.15) is 0 Å². The molecule has 0 saturated heterocycles. The van der Waals surface area contributed by atoms with Crippen molar-refractivity contribution in [1.29, 1.82) is 0 Å². The molecule has 2 heterocycles. The number of aryl methyl sites for hydroxylation is 1. The fourth-order valence-electron chi connectivity index (χ4n) is 2.76. The van der Waals surface area contributed by atoms with Crippen molar-refractivity contribution in [2.75, 3.05) is 11.9 Å². The molecule has 1 atom stereocenters. The molecule has 0 aliphatic carbocycles. The lowest BCUT2D eigenvalue weighted by atomic mass is 9.98. The summed E-state index contributed by atoms with van der Waals surface area (Å²) in [6, 6.07) is 7.73. The lowest BCUT2D eigenvalue weighted by molar-refractivity contribution is -0.116. The van der Waals surface area contributed by atoms with Crippen molar-refractivity contribution in [1.82, 2.24) is 10.6 Å². The molecule has 0 spiro atoms. The topological polar surface area (TPSA) is 70.2 Å². The Kier molecular flexibility index (Phi) is 5.15. The molecule has 3 amide bonds. The van der Waals surface area contributed by atoms with Crippen LogP contribution < -0.4 is 16.0 Å². The molecule has 2 aromatic rings. The van der Waals surface area contributed by atoms with E-state index in [-0.39, 0.29) is 18.0 Å². The zero-order chi connectivity index (χ0) is 16.9. The quantitative estimate of drug-likeness (QED) is 0.780. The van der Waals surface area contributed by atoms with Crippen molar-refractivity contribution in [3.05, 3.63) is 51.7 Å². The maximum Gasteiger partial charge on any atom is 0.315 e. The van der Waals surface area contributed by atoms with Gasteiger partial charge in [0.25, 0.3) is 0 Å². The minimum absolute atomic E-state index is 0.0615. The molecule has 6 heteroatoms. The number of hydrogen-bond donors (Lipinski definition) is 3. The summed E-state index contributed by atoms with van der Waals surface area (Å²) < 4.78 is 0. The largest absolute Gasteiger partial charge is 0.338 e. The van der Waals surface area contributed by atoms with E-state index in [1.165, 1.54) is 5.56 Å². The maximum atomic E-state index is 12.0. The Morgan fingerprint density at radius 2 is 2.21 bits per heavy atom. The molecule has 3 rings (SSSR count). The highest BCUT2D eigenvalue weighted by Crippen LogP contribution is 2.26. The molecule has 0 fully saturated rings. The van der Waals surface area contributed by atoms with Crippen LogP contribution >= 0.6 is 11.3 Å². The number of rotatable bonds is 5. The molecule has 0 radical (unpaired) electrons. The van der Waals surface area contributed by atoms with E-state index in [4.69, 9.17) is 0 Å². The minimum Gasteiger partial charge on any atom is -0.338 e. The van der Waals surface area contributed by atoms with Crippen LogP contribution in [0.5, 0.6) is 0 Å². The van der Waals surface area contributed by atoms with Gasteiger partial charge in [-0.05, 0) is 59.3 Å². The molecule has 1 aromatic carbocycles. The van der Waals surface area contributed by atoms with Crippen LogP contribution in [-0.2, 0) is 17.6 Å².